The summed E-state index contributed by atoms with van der Waals surface area (Å²) in [5.41, 5.74) is 0. The maximum absolute atomic E-state index is 9.96. The summed E-state index contributed by atoms with van der Waals surface area (Å²) >= 11 is 0. The third-order valence-electron chi connectivity index (χ3n) is 0.906. The molecule has 0 bridgehead atoms. The summed E-state index contributed by atoms with van der Waals surface area (Å²) in [6.45, 7) is 0. The molecule has 49 valence electrons. The van der Waals surface area contributed by atoms with Crippen molar-refractivity contribution in [1.82, 2.24) is 10.2 Å². The predicted molar refractivity (Wildman–Crippen MR) is 32.4 cm³/mol. The fourth-order valence-corrected chi connectivity index (χ4v) is 0.495. The molecule has 0 atom stereocenters. The molecule has 0 aromatic carbocycles. The number of aromatic nitrogens is 2. The molecule has 1 aromatic heterocycles. The fraction of sp³-hybridized carbons (Fsp3) is 0. The van der Waals surface area contributed by atoms with Crippen LogP contribution in [0.15, 0.2) is 12.3 Å². The average molecular weight is 135 g/mol. The molecule has 0 saturated heterocycles. The number of hydrogen-bond donors (Lipinski definition) is 1. The quantitative estimate of drug-likeness (QED) is 0.449. The number of nitrogens with zero attached hydrogens (tertiary/aromatic N) is 3. The Labute approximate surface area is 56.9 Å². The number of H-pyrrole nitrogens is 1. The zero-order valence-corrected chi connectivity index (χ0v) is 4.90. The molecule has 0 saturated carbocycles. The molecule has 10 heavy (non-hydrogen) atoms. The van der Waals surface area contributed by atoms with E-state index >= 15 is 0 Å². The molecule has 1 aromatic rings. The van der Waals surface area contributed by atoms with E-state index in [4.69, 9.17) is 5.26 Å². The number of nitrogens with one attached hydrogen (secondary N) is 1. The maximum Gasteiger partial charge on any atom is 0.332 e. The molecule has 5 nitrogen and oxygen atoms in total. The van der Waals surface area contributed by atoms with Crippen LogP contribution in [0.3, 0.4) is 0 Å². The minimum absolute atomic E-state index is 0.248. The molecule has 1 rings (SSSR count). The molecule has 0 aliphatic carbocycles. The summed E-state index contributed by atoms with van der Waals surface area (Å²) in [6.07, 6.45) is 4.49. The minimum Gasteiger partial charge on any atom is -0.284 e. The van der Waals surface area contributed by atoms with E-state index in [1.54, 1.807) is 6.19 Å². The number of nitriles is 1. The highest BCUT2D eigenvalue weighted by Crippen LogP contribution is 2.03. The third-order valence-corrected chi connectivity index (χ3v) is 0.906. The van der Waals surface area contributed by atoms with E-state index in [-0.39, 0.29) is 5.82 Å². The van der Waals surface area contributed by atoms with Gasteiger partial charge in [-0.25, -0.2) is 0 Å². The van der Waals surface area contributed by atoms with Crippen molar-refractivity contribution in [2.45, 2.75) is 0 Å². The smallest absolute Gasteiger partial charge is 0.284 e. The van der Waals surface area contributed by atoms with Crippen LogP contribution in [0.4, 0.5) is 5.82 Å². The third kappa shape index (κ3) is 0.951. The molecule has 0 aliphatic heterocycles. The van der Waals surface area contributed by atoms with Gasteiger partial charge in [-0.2, -0.15) is 15.3 Å². The molecule has 0 aliphatic rings. The van der Waals surface area contributed by atoms with Crippen molar-refractivity contribution in [3.05, 3.63) is 12.3 Å². The normalized spacial score (nSPS) is 8.30. The number of aromatic amines is 1. The second-order valence-corrected chi connectivity index (χ2v) is 1.46. The van der Waals surface area contributed by atoms with E-state index in [1.807, 2.05) is 0 Å². The Balaban J connectivity index is 2.86. The van der Waals surface area contributed by atoms with Crippen LogP contribution in [0.1, 0.15) is 0 Å². The highest BCUT2D eigenvalue weighted by Gasteiger charge is 2.04. The molecule has 0 unspecified atom stereocenters. The molecule has 0 spiro atoms. The van der Waals surface area contributed by atoms with Gasteiger partial charge in [-0.3, -0.25) is 9.89 Å². The highest BCUT2D eigenvalue weighted by atomic mass is 16.1. The van der Waals surface area contributed by atoms with Crippen LogP contribution in [0.2, 0.25) is 0 Å². The lowest BCUT2D eigenvalue weighted by molar-refractivity contribution is 0.556. The van der Waals surface area contributed by atoms with Gasteiger partial charge in [0, 0.05) is 12.3 Å². The van der Waals surface area contributed by atoms with Gasteiger partial charge in [0.1, 0.15) is 0 Å². The number of rotatable bonds is 2. The SMILES string of the molecule is N#CN([C]=O)c1cc[nH]n1. The summed E-state index contributed by atoms with van der Waals surface area (Å²) in [4.78, 5) is 10.6. The number of amides is 1. The molecule has 1 N–H and O–H groups in total. The first kappa shape index (κ1) is 6.29. The van der Waals surface area contributed by atoms with Crippen molar-refractivity contribution in [1.29, 1.82) is 5.26 Å². The summed E-state index contributed by atoms with van der Waals surface area (Å²) in [5.74, 6) is 0.248. The zero-order valence-electron chi connectivity index (χ0n) is 4.90. The van der Waals surface area contributed by atoms with E-state index < -0.39 is 0 Å². The van der Waals surface area contributed by atoms with Crippen molar-refractivity contribution in [2.24, 2.45) is 0 Å². The van der Waals surface area contributed by atoms with Gasteiger partial charge in [-0.1, -0.05) is 0 Å². The lowest BCUT2D eigenvalue weighted by atomic mass is 10.6. The second-order valence-electron chi connectivity index (χ2n) is 1.46. The number of carbonyl (C=O) groups excluding carboxylic acids is 1. The number of anilines is 1. The summed E-state index contributed by atoms with van der Waals surface area (Å²) < 4.78 is 0. The molecule has 1 amide bonds. The van der Waals surface area contributed by atoms with Crippen molar-refractivity contribution in [3.63, 3.8) is 0 Å². The van der Waals surface area contributed by atoms with E-state index in [0.717, 1.165) is 0 Å². The molecule has 1 radical (unpaired) electrons. The Morgan fingerprint density at radius 2 is 2.60 bits per heavy atom. The molecule has 0 fully saturated rings. The monoisotopic (exact) mass is 135 g/mol. The first-order valence-electron chi connectivity index (χ1n) is 2.46. The largest absolute Gasteiger partial charge is 0.332 e. The van der Waals surface area contributed by atoms with Gasteiger partial charge in [0.15, 0.2) is 12.0 Å². The van der Waals surface area contributed by atoms with Gasteiger partial charge in [0.05, 0.1) is 0 Å². The first-order chi connectivity index (χ1) is 4.88. The predicted octanol–water partition coefficient (Wildman–Crippen LogP) is -0.236. The van der Waals surface area contributed by atoms with Gasteiger partial charge in [0.2, 0.25) is 0 Å². The summed E-state index contributed by atoms with van der Waals surface area (Å²) in [6, 6.07) is 1.49. The Morgan fingerprint density at radius 1 is 1.80 bits per heavy atom. The van der Waals surface area contributed by atoms with Gasteiger partial charge in [0.25, 0.3) is 0 Å². The van der Waals surface area contributed by atoms with Gasteiger partial charge >= 0.3 is 6.41 Å². The second kappa shape index (κ2) is 2.64. The fourth-order valence-electron chi connectivity index (χ4n) is 0.495. The zero-order chi connectivity index (χ0) is 7.40. The van der Waals surface area contributed by atoms with E-state index in [9.17, 15) is 4.79 Å². The van der Waals surface area contributed by atoms with Crippen LogP contribution in [0.5, 0.6) is 0 Å². The molecular weight excluding hydrogens is 132 g/mol. The van der Waals surface area contributed by atoms with Gasteiger partial charge in [-0.05, 0) is 0 Å². The standard InChI is InChI=1S/C5H3N4O/c6-3-9(4-10)5-1-2-7-8-5/h1-2H,(H,7,8). The van der Waals surface area contributed by atoms with Crippen molar-refractivity contribution in [3.8, 4) is 6.19 Å². The van der Waals surface area contributed by atoms with Gasteiger partial charge < -0.3 is 0 Å². The van der Waals surface area contributed by atoms with Crippen LogP contribution in [-0.4, -0.2) is 16.6 Å². The highest BCUT2D eigenvalue weighted by molar-refractivity contribution is 5.76. The van der Waals surface area contributed by atoms with E-state index in [2.05, 4.69) is 10.2 Å². The van der Waals surface area contributed by atoms with Crippen LogP contribution in [0.25, 0.3) is 0 Å². The Morgan fingerprint density at radius 3 is 3.00 bits per heavy atom. The van der Waals surface area contributed by atoms with Gasteiger partial charge in [-0.15, -0.1) is 0 Å². The lowest BCUT2D eigenvalue weighted by Gasteiger charge is -1.96. The Bertz CT molecular complexity index is 247. The minimum atomic E-state index is 0.248. The van der Waals surface area contributed by atoms with Crippen molar-refractivity contribution in [2.75, 3.05) is 4.90 Å². The molecule has 1 heterocycles. The van der Waals surface area contributed by atoms with Crippen molar-refractivity contribution < 1.29 is 4.79 Å². The van der Waals surface area contributed by atoms with Crippen LogP contribution >= 0.6 is 0 Å². The van der Waals surface area contributed by atoms with Crippen LogP contribution in [0, 0.1) is 11.5 Å². The van der Waals surface area contributed by atoms with E-state index in [0.29, 0.717) is 4.90 Å². The molecular formula is C5H3N4O. The average Bonchev–Trinajstić information content (AvgIpc) is 2.43. The lowest BCUT2D eigenvalue weighted by Crippen LogP contribution is -2.12. The Hall–Kier alpha value is -1.83. The van der Waals surface area contributed by atoms with Crippen LogP contribution < -0.4 is 4.90 Å². The first-order valence-corrected chi connectivity index (χ1v) is 2.46. The van der Waals surface area contributed by atoms with Crippen LogP contribution in [-0.2, 0) is 4.79 Å². The molecule has 5 heteroatoms. The van der Waals surface area contributed by atoms with Crippen molar-refractivity contribution >= 4 is 12.2 Å². The maximum atomic E-state index is 9.96. The Kier molecular flexibility index (Phi) is 1.66. The summed E-state index contributed by atoms with van der Waals surface area (Å²) in [7, 11) is 0. The summed E-state index contributed by atoms with van der Waals surface area (Å²) in [5, 5.41) is 14.3. The number of hydrogen-bond acceptors (Lipinski definition) is 3. The topological polar surface area (TPSA) is 72.8 Å². The van der Waals surface area contributed by atoms with E-state index in [1.165, 1.54) is 18.7 Å².